The van der Waals surface area contributed by atoms with E-state index in [9.17, 15) is 13.2 Å². The minimum atomic E-state index is -4.06. The summed E-state index contributed by atoms with van der Waals surface area (Å²) < 4.78 is 40.4. The maximum absolute atomic E-state index is 11.8. The van der Waals surface area contributed by atoms with Crippen LogP contribution in [0.3, 0.4) is 0 Å². The summed E-state index contributed by atoms with van der Waals surface area (Å²) in [7, 11) is 0. The van der Waals surface area contributed by atoms with Crippen LogP contribution in [0.4, 0.5) is 13.2 Å². The lowest BCUT2D eigenvalue weighted by molar-refractivity contribution is -0.137. The highest BCUT2D eigenvalue weighted by atomic mass is 19.4. The highest BCUT2D eigenvalue weighted by Crippen LogP contribution is 2.20. The van der Waals surface area contributed by atoms with E-state index in [0.717, 1.165) is 0 Å². The van der Waals surface area contributed by atoms with E-state index in [1.54, 1.807) is 0 Å². The number of ether oxygens (including phenoxy) is 1. The van der Waals surface area contributed by atoms with E-state index in [1.165, 1.54) is 0 Å². The van der Waals surface area contributed by atoms with Crippen molar-refractivity contribution in [2.24, 2.45) is 5.92 Å². The second-order valence-corrected chi connectivity index (χ2v) is 4.32. The van der Waals surface area contributed by atoms with Crippen molar-refractivity contribution >= 4 is 0 Å². The standard InChI is InChI=1S/C11H22F3NO/c1-9(2)10(3)15-6-8-16-7-4-5-11(12,13)14/h9-10,15H,4-8H2,1-3H3. The van der Waals surface area contributed by atoms with Crippen molar-refractivity contribution in [2.45, 2.75) is 45.8 Å². The molecule has 0 saturated carbocycles. The molecule has 0 aliphatic heterocycles. The third kappa shape index (κ3) is 10.2. The van der Waals surface area contributed by atoms with Gasteiger partial charge < -0.3 is 10.1 Å². The monoisotopic (exact) mass is 241 g/mol. The van der Waals surface area contributed by atoms with Crippen molar-refractivity contribution in [3.05, 3.63) is 0 Å². The molecule has 1 atom stereocenters. The minimum Gasteiger partial charge on any atom is -0.380 e. The van der Waals surface area contributed by atoms with Crippen molar-refractivity contribution in [3.8, 4) is 0 Å². The van der Waals surface area contributed by atoms with E-state index in [4.69, 9.17) is 4.74 Å². The zero-order chi connectivity index (χ0) is 12.6. The maximum Gasteiger partial charge on any atom is 0.389 e. The summed E-state index contributed by atoms with van der Waals surface area (Å²) in [6.45, 7) is 7.63. The molecule has 98 valence electrons. The van der Waals surface area contributed by atoms with Crippen LogP contribution in [0.15, 0.2) is 0 Å². The first-order valence-corrected chi connectivity index (χ1v) is 5.71. The third-order valence-electron chi connectivity index (χ3n) is 2.46. The fourth-order valence-electron chi connectivity index (χ4n) is 1.07. The summed E-state index contributed by atoms with van der Waals surface area (Å²) in [6.07, 6.45) is -4.78. The van der Waals surface area contributed by atoms with Crippen LogP contribution in [0, 0.1) is 5.92 Å². The second-order valence-electron chi connectivity index (χ2n) is 4.32. The Kier molecular flexibility index (Phi) is 7.76. The molecule has 0 aromatic carbocycles. The van der Waals surface area contributed by atoms with Gasteiger partial charge in [-0.05, 0) is 19.3 Å². The highest BCUT2D eigenvalue weighted by molar-refractivity contribution is 4.63. The van der Waals surface area contributed by atoms with Gasteiger partial charge in [-0.2, -0.15) is 13.2 Å². The first-order valence-electron chi connectivity index (χ1n) is 5.71. The third-order valence-corrected chi connectivity index (χ3v) is 2.46. The van der Waals surface area contributed by atoms with Crippen molar-refractivity contribution in [1.82, 2.24) is 5.32 Å². The molecule has 0 radical (unpaired) electrons. The molecule has 0 saturated heterocycles. The average molecular weight is 241 g/mol. The van der Waals surface area contributed by atoms with E-state index in [2.05, 4.69) is 26.1 Å². The molecule has 1 unspecified atom stereocenters. The Bertz CT molecular complexity index is 171. The minimum absolute atomic E-state index is 0.0449. The van der Waals surface area contributed by atoms with Gasteiger partial charge in [-0.25, -0.2) is 0 Å². The highest BCUT2D eigenvalue weighted by Gasteiger charge is 2.25. The summed E-state index contributed by atoms with van der Waals surface area (Å²) in [5.41, 5.74) is 0. The van der Waals surface area contributed by atoms with Crippen LogP contribution >= 0.6 is 0 Å². The fourth-order valence-corrected chi connectivity index (χ4v) is 1.07. The van der Waals surface area contributed by atoms with Crippen molar-refractivity contribution in [2.75, 3.05) is 19.8 Å². The summed E-state index contributed by atoms with van der Waals surface area (Å²) in [6, 6.07) is 0.402. The first-order chi connectivity index (χ1) is 7.33. The van der Waals surface area contributed by atoms with Crippen LogP contribution in [0.25, 0.3) is 0 Å². The van der Waals surface area contributed by atoms with E-state index >= 15 is 0 Å². The van der Waals surface area contributed by atoms with Gasteiger partial charge in [0.2, 0.25) is 0 Å². The predicted molar refractivity (Wildman–Crippen MR) is 58.4 cm³/mol. The van der Waals surface area contributed by atoms with Gasteiger partial charge >= 0.3 is 6.18 Å². The van der Waals surface area contributed by atoms with Crippen molar-refractivity contribution in [3.63, 3.8) is 0 Å². The molecule has 0 aliphatic carbocycles. The molecule has 0 rings (SSSR count). The smallest absolute Gasteiger partial charge is 0.380 e. The molecule has 16 heavy (non-hydrogen) atoms. The lowest BCUT2D eigenvalue weighted by Crippen LogP contribution is -2.33. The average Bonchev–Trinajstić information content (AvgIpc) is 2.14. The zero-order valence-corrected chi connectivity index (χ0v) is 10.2. The summed E-state index contributed by atoms with van der Waals surface area (Å²) >= 11 is 0. The number of rotatable bonds is 8. The van der Waals surface area contributed by atoms with Crippen molar-refractivity contribution < 1.29 is 17.9 Å². The van der Waals surface area contributed by atoms with Gasteiger partial charge in [0.15, 0.2) is 0 Å². The lowest BCUT2D eigenvalue weighted by atomic mass is 10.1. The molecule has 1 N–H and O–H groups in total. The zero-order valence-electron chi connectivity index (χ0n) is 10.2. The number of alkyl halides is 3. The molecule has 0 fully saturated rings. The Morgan fingerprint density at radius 1 is 1.12 bits per heavy atom. The largest absolute Gasteiger partial charge is 0.389 e. The molecule has 0 spiro atoms. The maximum atomic E-state index is 11.8. The van der Waals surface area contributed by atoms with Crippen LogP contribution in [-0.2, 0) is 4.74 Å². The van der Waals surface area contributed by atoms with Gasteiger partial charge in [0.25, 0.3) is 0 Å². The quantitative estimate of drug-likeness (QED) is 0.660. The van der Waals surface area contributed by atoms with Gasteiger partial charge in [0, 0.05) is 25.6 Å². The summed E-state index contributed by atoms with van der Waals surface area (Å²) in [4.78, 5) is 0. The second kappa shape index (κ2) is 7.90. The number of hydrogen-bond donors (Lipinski definition) is 1. The lowest BCUT2D eigenvalue weighted by Gasteiger charge is -2.17. The van der Waals surface area contributed by atoms with Crippen LogP contribution in [0.2, 0.25) is 0 Å². The Hall–Kier alpha value is -0.290. The fraction of sp³-hybridized carbons (Fsp3) is 1.00. The predicted octanol–water partition coefficient (Wildman–Crippen LogP) is 2.98. The Labute approximate surface area is 95.5 Å². The molecule has 5 heteroatoms. The van der Waals surface area contributed by atoms with Crippen molar-refractivity contribution in [1.29, 1.82) is 0 Å². The first kappa shape index (κ1) is 15.7. The Balaban J connectivity index is 3.22. The normalized spacial score (nSPS) is 14.4. The van der Waals surface area contributed by atoms with E-state index in [0.29, 0.717) is 25.1 Å². The van der Waals surface area contributed by atoms with Gasteiger partial charge in [0.1, 0.15) is 0 Å². The summed E-state index contributed by atoms with van der Waals surface area (Å²) in [5, 5.41) is 3.24. The molecule has 2 nitrogen and oxygen atoms in total. The van der Waals surface area contributed by atoms with Crippen LogP contribution in [0.5, 0.6) is 0 Å². The van der Waals surface area contributed by atoms with Gasteiger partial charge in [-0.3, -0.25) is 0 Å². The van der Waals surface area contributed by atoms with Crippen LogP contribution in [-0.4, -0.2) is 32.0 Å². The van der Waals surface area contributed by atoms with Gasteiger partial charge in [-0.1, -0.05) is 13.8 Å². The van der Waals surface area contributed by atoms with E-state index in [1.807, 2.05) is 0 Å². The van der Waals surface area contributed by atoms with Crippen LogP contribution in [0.1, 0.15) is 33.6 Å². The summed E-state index contributed by atoms with van der Waals surface area (Å²) in [5.74, 6) is 0.547. The molecular formula is C11H22F3NO. The van der Waals surface area contributed by atoms with E-state index in [-0.39, 0.29) is 13.0 Å². The molecular weight excluding hydrogens is 219 g/mol. The van der Waals surface area contributed by atoms with Gasteiger partial charge in [-0.15, -0.1) is 0 Å². The van der Waals surface area contributed by atoms with Crippen LogP contribution < -0.4 is 5.32 Å². The Morgan fingerprint density at radius 2 is 1.75 bits per heavy atom. The topological polar surface area (TPSA) is 21.3 Å². The SMILES string of the molecule is CC(C)C(C)NCCOCCCC(F)(F)F. The molecule has 0 amide bonds. The van der Waals surface area contributed by atoms with E-state index < -0.39 is 12.6 Å². The molecule has 0 heterocycles. The number of hydrogen-bond acceptors (Lipinski definition) is 2. The molecule has 0 aromatic heterocycles. The molecule has 0 aromatic rings. The number of nitrogens with one attached hydrogen (secondary N) is 1. The number of halogens is 3. The Morgan fingerprint density at radius 3 is 2.25 bits per heavy atom. The molecule has 0 bridgehead atoms. The van der Waals surface area contributed by atoms with Gasteiger partial charge in [0.05, 0.1) is 6.61 Å². The molecule has 0 aliphatic rings.